The molecule has 0 radical (unpaired) electrons. The summed E-state index contributed by atoms with van der Waals surface area (Å²) in [7, 11) is 0. The van der Waals surface area contributed by atoms with Gasteiger partial charge in [-0.05, 0) is 12.1 Å². The van der Waals surface area contributed by atoms with Crippen LogP contribution in [0, 0.1) is 0 Å². The summed E-state index contributed by atoms with van der Waals surface area (Å²) in [5, 5.41) is 18.9. The summed E-state index contributed by atoms with van der Waals surface area (Å²) in [5.74, 6) is 0.275. The van der Waals surface area contributed by atoms with Gasteiger partial charge in [0.15, 0.2) is 5.65 Å². The van der Waals surface area contributed by atoms with Crippen LogP contribution < -0.4 is 5.73 Å². The quantitative estimate of drug-likeness (QED) is 0.274. The number of oxime groups is 1. The molecule has 0 amide bonds. The number of amidine groups is 1. The maximum atomic E-state index is 8.45. The Morgan fingerprint density at radius 2 is 2.31 bits per heavy atom. The summed E-state index contributed by atoms with van der Waals surface area (Å²) >= 11 is 0. The Morgan fingerprint density at radius 1 is 1.46 bits per heavy atom. The van der Waals surface area contributed by atoms with Gasteiger partial charge in [-0.2, -0.15) is 0 Å². The van der Waals surface area contributed by atoms with E-state index in [-0.39, 0.29) is 5.84 Å². The number of fused-ring (bicyclic) bond motifs is 1. The standard InChI is InChI=1S/C7H7N5O/c8-6(11-13)7-10-9-5-3-1-2-4-12(5)7/h1-4,13H,(H2,8,11). The molecule has 0 saturated heterocycles. The van der Waals surface area contributed by atoms with E-state index in [0.29, 0.717) is 11.5 Å². The second kappa shape index (κ2) is 2.74. The second-order valence-electron chi connectivity index (χ2n) is 2.44. The third kappa shape index (κ3) is 1.08. The zero-order valence-electron chi connectivity index (χ0n) is 6.62. The molecule has 6 nitrogen and oxygen atoms in total. The molecule has 13 heavy (non-hydrogen) atoms. The van der Waals surface area contributed by atoms with Crippen molar-refractivity contribution in [3.8, 4) is 0 Å². The predicted octanol–water partition coefficient (Wildman–Crippen LogP) is -0.176. The van der Waals surface area contributed by atoms with Crippen LogP contribution in [0.5, 0.6) is 0 Å². The van der Waals surface area contributed by atoms with Crippen molar-refractivity contribution < 1.29 is 5.21 Å². The van der Waals surface area contributed by atoms with Crippen molar-refractivity contribution in [2.24, 2.45) is 10.9 Å². The van der Waals surface area contributed by atoms with Crippen molar-refractivity contribution in [3.05, 3.63) is 30.2 Å². The van der Waals surface area contributed by atoms with Gasteiger partial charge < -0.3 is 10.9 Å². The highest BCUT2D eigenvalue weighted by Crippen LogP contribution is 2.01. The summed E-state index contributed by atoms with van der Waals surface area (Å²) in [6.07, 6.45) is 1.74. The Balaban J connectivity index is 2.71. The third-order valence-electron chi connectivity index (χ3n) is 1.65. The molecule has 3 N–H and O–H groups in total. The van der Waals surface area contributed by atoms with Gasteiger partial charge in [-0.25, -0.2) is 0 Å². The summed E-state index contributed by atoms with van der Waals surface area (Å²) in [5.41, 5.74) is 6.04. The molecule has 6 heteroatoms. The second-order valence-corrected chi connectivity index (χ2v) is 2.44. The highest BCUT2D eigenvalue weighted by atomic mass is 16.4. The zero-order valence-corrected chi connectivity index (χ0v) is 6.62. The van der Waals surface area contributed by atoms with Crippen molar-refractivity contribution in [1.82, 2.24) is 14.6 Å². The zero-order chi connectivity index (χ0) is 9.26. The molecule has 0 atom stereocenters. The first-order valence-electron chi connectivity index (χ1n) is 3.60. The van der Waals surface area contributed by atoms with Crippen molar-refractivity contribution in [2.45, 2.75) is 0 Å². The lowest BCUT2D eigenvalue weighted by Crippen LogP contribution is -2.16. The average Bonchev–Trinajstić information content (AvgIpc) is 2.60. The lowest BCUT2D eigenvalue weighted by atomic mass is 10.4. The van der Waals surface area contributed by atoms with Crippen LogP contribution in [0.3, 0.4) is 0 Å². The van der Waals surface area contributed by atoms with Crippen LogP contribution in [0.4, 0.5) is 0 Å². The Bertz CT molecular complexity index is 461. The number of nitrogens with two attached hydrogens (primary N) is 1. The van der Waals surface area contributed by atoms with E-state index in [1.54, 1.807) is 16.7 Å². The molecule has 0 aromatic carbocycles. The van der Waals surface area contributed by atoms with Crippen LogP contribution in [0.2, 0.25) is 0 Å². The van der Waals surface area contributed by atoms with E-state index in [2.05, 4.69) is 15.4 Å². The van der Waals surface area contributed by atoms with Gasteiger partial charge in [0, 0.05) is 6.20 Å². The fourth-order valence-corrected chi connectivity index (χ4v) is 1.06. The first-order chi connectivity index (χ1) is 6.33. The molecule has 0 bridgehead atoms. The van der Waals surface area contributed by atoms with Crippen molar-refractivity contribution in [2.75, 3.05) is 0 Å². The van der Waals surface area contributed by atoms with E-state index < -0.39 is 0 Å². The maximum Gasteiger partial charge on any atom is 0.208 e. The predicted molar refractivity (Wildman–Crippen MR) is 45.5 cm³/mol. The minimum Gasteiger partial charge on any atom is -0.409 e. The Hall–Kier alpha value is -2.11. The topological polar surface area (TPSA) is 88.8 Å². The molecule has 2 aromatic heterocycles. The average molecular weight is 177 g/mol. The van der Waals surface area contributed by atoms with E-state index in [0.717, 1.165) is 0 Å². The lowest BCUT2D eigenvalue weighted by Gasteiger charge is -1.94. The molecule has 0 fully saturated rings. The summed E-state index contributed by atoms with van der Waals surface area (Å²) in [6, 6.07) is 5.42. The molecule has 0 unspecified atom stereocenters. The highest BCUT2D eigenvalue weighted by Gasteiger charge is 2.07. The summed E-state index contributed by atoms with van der Waals surface area (Å²) in [4.78, 5) is 0. The maximum absolute atomic E-state index is 8.45. The van der Waals surface area contributed by atoms with Gasteiger partial charge >= 0.3 is 0 Å². The molecule has 2 rings (SSSR count). The lowest BCUT2D eigenvalue weighted by molar-refractivity contribution is 0.318. The van der Waals surface area contributed by atoms with Gasteiger partial charge in [-0.15, -0.1) is 10.2 Å². The van der Waals surface area contributed by atoms with Crippen LogP contribution in [-0.2, 0) is 0 Å². The Labute approximate surface area is 73.3 Å². The van der Waals surface area contributed by atoms with Gasteiger partial charge in [-0.3, -0.25) is 4.40 Å². The van der Waals surface area contributed by atoms with Gasteiger partial charge in [0.25, 0.3) is 0 Å². The fraction of sp³-hybridized carbons (Fsp3) is 0. The third-order valence-corrected chi connectivity index (χ3v) is 1.65. The number of pyridine rings is 1. The van der Waals surface area contributed by atoms with E-state index in [4.69, 9.17) is 10.9 Å². The summed E-state index contributed by atoms with van der Waals surface area (Å²) in [6.45, 7) is 0. The van der Waals surface area contributed by atoms with E-state index in [1.165, 1.54) is 0 Å². The Kier molecular flexibility index (Phi) is 1.59. The van der Waals surface area contributed by atoms with Gasteiger partial charge in [0.05, 0.1) is 0 Å². The Morgan fingerprint density at radius 3 is 3.08 bits per heavy atom. The molecular weight excluding hydrogens is 170 g/mol. The van der Waals surface area contributed by atoms with Gasteiger partial charge in [0.1, 0.15) is 0 Å². The number of nitrogens with zero attached hydrogens (tertiary/aromatic N) is 4. The molecule has 0 saturated carbocycles. The van der Waals surface area contributed by atoms with Gasteiger partial charge in [-0.1, -0.05) is 11.2 Å². The first kappa shape index (κ1) is 7.53. The smallest absolute Gasteiger partial charge is 0.208 e. The van der Waals surface area contributed by atoms with Crippen LogP contribution >= 0.6 is 0 Å². The van der Waals surface area contributed by atoms with Gasteiger partial charge in [0.2, 0.25) is 11.7 Å². The monoisotopic (exact) mass is 177 g/mol. The highest BCUT2D eigenvalue weighted by molar-refractivity contribution is 5.94. The largest absolute Gasteiger partial charge is 0.409 e. The SMILES string of the molecule is N/C(=N\O)c1nnc2ccccn12. The fourth-order valence-electron chi connectivity index (χ4n) is 1.06. The minimum absolute atomic E-state index is 0.0568. The number of aromatic nitrogens is 3. The molecule has 2 heterocycles. The van der Waals surface area contributed by atoms with Crippen molar-refractivity contribution in [3.63, 3.8) is 0 Å². The van der Waals surface area contributed by atoms with Crippen LogP contribution in [0.15, 0.2) is 29.6 Å². The minimum atomic E-state index is -0.0568. The number of hydrogen-bond acceptors (Lipinski definition) is 4. The molecule has 0 aliphatic carbocycles. The van der Waals surface area contributed by atoms with Crippen molar-refractivity contribution >= 4 is 11.5 Å². The van der Waals surface area contributed by atoms with E-state index in [9.17, 15) is 0 Å². The summed E-state index contributed by atoms with van der Waals surface area (Å²) < 4.78 is 1.63. The van der Waals surface area contributed by atoms with E-state index >= 15 is 0 Å². The van der Waals surface area contributed by atoms with Crippen LogP contribution in [-0.4, -0.2) is 25.6 Å². The molecule has 0 aliphatic heterocycles. The molecule has 0 spiro atoms. The molecule has 66 valence electrons. The van der Waals surface area contributed by atoms with Crippen LogP contribution in [0.1, 0.15) is 5.82 Å². The molecule has 2 aromatic rings. The van der Waals surface area contributed by atoms with Crippen LogP contribution in [0.25, 0.3) is 5.65 Å². The van der Waals surface area contributed by atoms with Crippen molar-refractivity contribution in [1.29, 1.82) is 0 Å². The molecular formula is C7H7N5O. The molecule has 0 aliphatic rings. The van der Waals surface area contributed by atoms with E-state index in [1.807, 2.05) is 12.1 Å². The number of hydrogen-bond donors (Lipinski definition) is 2. The normalized spacial score (nSPS) is 12.2. The number of rotatable bonds is 1. The first-order valence-corrected chi connectivity index (χ1v) is 3.60.